The summed E-state index contributed by atoms with van der Waals surface area (Å²) in [6, 6.07) is 17.8. The van der Waals surface area contributed by atoms with Crippen LogP contribution >= 0.6 is 23.1 Å². The summed E-state index contributed by atoms with van der Waals surface area (Å²) in [5, 5.41) is 20.1. The van der Waals surface area contributed by atoms with Gasteiger partial charge >= 0.3 is 5.91 Å². The van der Waals surface area contributed by atoms with Crippen molar-refractivity contribution in [3.8, 4) is 11.5 Å². The number of ketones is 1. The number of benzene rings is 3. The Morgan fingerprint density at radius 3 is 2.51 bits per heavy atom. The Labute approximate surface area is 269 Å². The molecule has 5 rings (SSSR count). The fourth-order valence-corrected chi connectivity index (χ4v) is 6.80. The number of Topliss-reactive ketones (excluding diaryl/α,β-unsaturated/α-hetero) is 1. The molecule has 1 saturated heterocycles. The number of hydrogen-bond acceptors (Lipinski definition) is 9. The van der Waals surface area contributed by atoms with Gasteiger partial charge in [-0.3, -0.25) is 14.5 Å². The number of aliphatic hydroxyl groups is 1. The first-order valence-corrected chi connectivity index (χ1v) is 16.6. The zero-order valence-corrected chi connectivity index (χ0v) is 26.9. The third-order valence-corrected chi connectivity index (χ3v) is 9.37. The van der Waals surface area contributed by atoms with Crippen LogP contribution in [0, 0.1) is 12.7 Å². The second kappa shape index (κ2) is 14.7. The molecule has 1 aliphatic heterocycles. The molecule has 1 amide bonds. The fourth-order valence-electron chi connectivity index (χ4n) is 4.94. The summed E-state index contributed by atoms with van der Waals surface area (Å²) in [7, 11) is 0. The Kier molecular flexibility index (Phi) is 10.5. The summed E-state index contributed by atoms with van der Waals surface area (Å²) >= 11 is 2.39. The van der Waals surface area contributed by atoms with Gasteiger partial charge in [0.1, 0.15) is 11.6 Å². The molecule has 1 aliphatic rings. The van der Waals surface area contributed by atoms with Crippen molar-refractivity contribution in [2.75, 3.05) is 18.1 Å². The highest BCUT2D eigenvalue weighted by Gasteiger charge is 2.48. The summed E-state index contributed by atoms with van der Waals surface area (Å²) < 4.78 is 26.6. The Bertz CT molecular complexity index is 1710. The Hall–Kier alpha value is -4.22. The fraction of sp³-hybridized carbons (Fsp3) is 0.294. The van der Waals surface area contributed by atoms with Crippen LogP contribution in [0.15, 0.2) is 76.6 Å². The quantitative estimate of drug-likeness (QED) is 0.0391. The molecule has 1 atom stereocenters. The number of amides is 1. The molecule has 11 heteroatoms. The van der Waals surface area contributed by atoms with Gasteiger partial charge in [-0.1, -0.05) is 97.0 Å². The van der Waals surface area contributed by atoms with Crippen molar-refractivity contribution >= 4 is 45.7 Å². The maximum absolute atomic E-state index is 14.2. The number of thioether (sulfide) groups is 1. The third kappa shape index (κ3) is 7.20. The molecule has 3 aromatic carbocycles. The lowest BCUT2D eigenvalue weighted by Crippen LogP contribution is -2.29. The lowest BCUT2D eigenvalue weighted by atomic mass is 9.95. The molecule has 0 aliphatic carbocycles. The van der Waals surface area contributed by atoms with E-state index in [-0.39, 0.29) is 22.3 Å². The van der Waals surface area contributed by atoms with Gasteiger partial charge in [0, 0.05) is 11.3 Å². The maximum atomic E-state index is 14.2. The van der Waals surface area contributed by atoms with Gasteiger partial charge in [0.15, 0.2) is 15.8 Å². The van der Waals surface area contributed by atoms with Crippen molar-refractivity contribution in [3.63, 3.8) is 0 Å². The standard InChI is InChI=1S/C34H34FN3O5S2/c1-4-6-9-18-43-26-17-16-23(19-27(26)42-5-2)29-28(30(39)22-14-12-21(3)13-15-22)31(40)32(41)38(29)33-36-37-34(45-33)44-20-24-10-7-8-11-25(24)35/h7-8,10-17,19,29,39H,4-6,9,18,20H2,1-3H3/b30-28+. The molecule has 0 spiro atoms. The first kappa shape index (κ1) is 32.2. The summed E-state index contributed by atoms with van der Waals surface area (Å²) in [6.45, 7) is 6.80. The molecule has 2 heterocycles. The van der Waals surface area contributed by atoms with Gasteiger partial charge in [-0.15, -0.1) is 10.2 Å². The van der Waals surface area contributed by atoms with Crippen LogP contribution in [0.4, 0.5) is 9.52 Å². The van der Waals surface area contributed by atoms with E-state index in [1.54, 1.807) is 48.5 Å². The number of aliphatic hydroxyl groups excluding tert-OH is 1. The van der Waals surface area contributed by atoms with Crippen LogP contribution in [0.1, 0.15) is 61.4 Å². The molecule has 0 saturated carbocycles. The number of aryl methyl sites for hydroxylation is 1. The molecule has 0 radical (unpaired) electrons. The summed E-state index contributed by atoms with van der Waals surface area (Å²) in [6.07, 6.45) is 3.00. The van der Waals surface area contributed by atoms with Crippen molar-refractivity contribution in [1.82, 2.24) is 10.2 Å². The molecule has 1 unspecified atom stereocenters. The molecule has 1 N–H and O–H groups in total. The van der Waals surface area contributed by atoms with Crippen LogP contribution in [-0.4, -0.2) is 40.2 Å². The minimum Gasteiger partial charge on any atom is -0.507 e. The third-order valence-electron chi connectivity index (χ3n) is 7.27. The zero-order chi connectivity index (χ0) is 31.9. The minimum absolute atomic E-state index is 0.0707. The van der Waals surface area contributed by atoms with Gasteiger partial charge in [-0.05, 0) is 49.6 Å². The van der Waals surface area contributed by atoms with Crippen LogP contribution in [0.3, 0.4) is 0 Å². The Morgan fingerprint density at radius 1 is 1.00 bits per heavy atom. The zero-order valence-electron chi connectivity index (χ0n) is 25.3. The molecule has 234 valence electrons. The molecule has 1 aromatic heterocycles. The molecule has 4 aromatic rings. The highest BCUT2D eigenvalue weighted by Crippen LogP contribution is 2.45. The number of unbranched alkanes of at least 4 members (excludes halogenated alkanes) is 2. The first-order chi connectivity index (χ1) is 21.8. The first-order valence-electron chi connectivity index (χ1n) is 14.8. The van der Waals surface area contributed by atoms with Crippen molar-refractivity contribution in [1.29, 1.82) is 0 Å². The SMILES string of the molecule is CCCCCOc1ccc(C2/C(=C(\O)c3ccc(C)cc3)C(=O)C(=O)N2c2nnc(SCc3ccccc3F)s2)cc1OCC. The average molecular weight is 648 g/mol. The van der Waals surface area contributed by atoms with Crippen LogP contribution in [0.2, 0.25) is 0 Å². The number of nitrogens with zero attached hydrogens (tertiary/aromatic N) is 3. The van der Waals surface area contributed by atoms with Crippen molar-refractivity contribution in [3.05, 3.63) is 100 Å². The number of hydrogen-bond donors (Lipinski definition) is 1. The number of aromatic nitrogens is 2. The van der Waals surface area contributed by atoms with E-state index < -0.39 is 17.7 Å². The van der Waals surface area contributed by atoms with Crippen LogP contribution < -0.4 is 14.4 Å². The van der Waals surface area contributed by atoms with Gasteiger partial charge in [-0.2, -0.15) is 0 Å². The Balaban J connectivity index is 1.55. The van der Waals surface area contributed by atoms with Crippen molar-refractivity contribution in [2.45, 2.75) is 56.2 Å². The van der Waals surface area contributed by atoms with Gasteiger partial charge in [0.2, 0.25) is 5.13 Å². The summed E-state index contributed by atoms with van der Waals surface area (Å²) in [4.78, 5) is 28.6. The van der Waals surface area contributed by atoms with E-state index in [9.17, 15) is 19.1 Å². The topological polar surface area (TPSA) is 102 Å². The molecule has 8 nitrogen and oxygen atoms in total. The van der Waals surface area contributed by atoms with Gasteiger partial charge in [0.25, 0.3) is 5.78 Å². The number of carbonyl (C=O) groups excluding carboxylic acids is 2. The molecule has 45 heavy (non-hydrogen) atoms. The second-order valence-electron chi connectivity index (χ2n) is 10.5. The van der Waals surface area contributed by atoms with E-state index in [4.69, 9.17) is 9.47 Å². The van der Waals surface area contributed by atoms with Crippen molar-refractivity contribution < 1.29 is 28.6 Å². The Morgan fingerprint density at radius 2 is 1.78 bits per heavy atom. The van der Waals surface area contributed by atoms with Gasteiger partial charge in [-0.25, -0.2) is 4.39 Å². The largest absolute Gasteiger partial charge is 0.507 e. The van der Waals surface area contributed by atoms with Gasteiger partial charge in [0.05, 0.1) is 24.8 Å². The highest BCUT2D eigenvalue weighted by atomic mass is 32.2. The van der Waals surface area contributed by atoms with Crippen LogP contribution in [0.5, 0.6) is 11.5 Å². The number of rotatable bonds is 13. The average Bonchev–Trinajstić information content (AvgIpc) is 3.61. The number of carbonyl (C=O) groups is 2. The molecular weight excluding hydrogens is 614 g/mol. The summed E-state index contributed by atoms with van der Waals surface area (Å²) in [5.74, 6) is -0.966. The lowest BCUT2D eigenvalue weighted by molar-refractivity contribution is -0.132. The van der Waals surface area contributed by atoms with Crippen LogP contribution in [-0.2, 0) is 15.3 Å². The van der Waals surface area contributed by atoms with E-state index in [1.807, 2.05) is 26.0 Å². The predicted octanol–water partition coefficient (Wildman–Crippen LogP) is 7.87. The molecule has 1 fully saturated rings. The van der Waals surface area contributed by atoms with E-state index in [2.05, 4.69) is 17.1 Å². The smallest absolute Gasteiger partial charge is 0.301 e. The molecular formula is C34H34FN3O5S2. The minimum atomic E-state index is -1.02. The lowest BCUT2D eigenvalue weighted by Gasteiger charge is -2.23. The monoisotopic (exact) mass is 647 g/mol. The number of ether oxygens (including phenoxy) is 2. The van der Waals surface area contributed by atoms with Crippen molar-refractivity contribution in [2.24, 2.45) is 0 Å². The van der Waals surface area contributed by atoms with E-state index in [0.29, 0.717) is 51.5 Å². The van der Waals surface area contributed by atoms with E-state index >= 15 is 0 Å². The normalized spacial score (nSPS) is 15.9. The maximum Gasteiger partial charge on any atom is 0.301 e. The van der Waals surface area contributed by atoms with Crippen LogP contribution in [0.25, 0.3) is 5.76 Å². The second-order valence-corrected chi connectivity index (χ2v) is 12.6. The highest BCUT2D eigenvalue weighted by molar-refractivity contribution is 8.00. The number of anilines is 1. The number of halogens is 1. The van der Waals surface area contributed by atoms with E-state index in [0.717, 1.165) is 36.2 Å². The van der Waals surface area contributed by atoms with E-state index in [1.165, 1.54) is 22.7 Å². The summed E-state index contributed by atoms with van der Waals surface area (Å²) in [5.41, 5.74) is 2.36. The van der Waals surface area contributed by atoms with Gasteiger partial charge < -0.3 is 14.6 Å². The molecule has 0 bridgehead atoms. The predicted molar refractivity (Wildman–Crippen MR) is 174 cm³/mol.